The van der Waals surface area contributed by atoms with Gasteiger partial charge in [-0.1, -0.05) is 13.8 Å². The fourth-order valence-electron chi connectivity index (χ4n) is 2.93. The predicted molar refractivity (Wildman–Crippen MR) is 81.0 cm³/mol. The van der Waals surface area contributed by atoms with Crippen LogP contribution in [0.4, 0.5) is 11.6 Å². The summed E-state index contributed by atoms with van der Waals surface area (Å²) in [4.78, 5) is 11.9. The summed E-state index contributed by atoms with van der Waals surface area (Å²) in [6, 6.07) is 0.636. The highest BCUT2D eigenvalue weighted by Gasteiger charge is 2.24. The smallest absolute Gasteiger partial charge is 0.137 e. The Morgan fingerprint density at radius 2 is 2.05 bits per heavy atom. The molecule has 1 aliphatic heterocycles. The Bertz CT molecular complexity index is 430. The van der Waals surface area contributed by atoms with Crippen molar-refractivity contribution in [2.45, 2.75) is 58.9 Å². The number of hydrogen-bond donors (Lipinski definition) is 1. The number of piperidine rings is 1. The third-order valence-electron chi connectivity index (χ3n) is 4.09. The zero-order valence-corrected chi connectivity index (χ0v) is 12.7. The molecule has 1 atom stereocenters. The first-order valence-electron chi connectivity index (χ1n) is 7.53. The quantitative estimate of drug-likeness (QED) is 0.905. The minimum absolute atomic E-state index is 0.636. The molecule has 1 saturated heterocycles. The lowest BCUT2D eigenvalue weighted by atomic mass is 9.99. The van der Waals surface area contributed by atoms with E-state index in [4.69, 9.17) is 4.98 Å². The Morgan fingerprint density at radius 1 is 1.26 bits per heavy atom. The van der Waals surface area contributed by atoms with Gasteiger partial charge in [-0.05, 0) is 32.6 Å². The van der Waals surface area contributed by atoms with Crippen molar-refractivity contribution in [1.29, 1.82) is 0 Å². The van der Waals surface area contributed by atoms with E-state index in [-0.39, 0.29) is 0 Å². The van der Waals surface area contributed by atoms with Crippen molar-refractivity contribution in [2.75, 3.05) is 23.8 Å². The van der Waals surface area contributed by atoms with Crippen molar-refractivity contribution in [2.24, 2.45) is 0 Å². The van der Waals surface area contributed by atoms with Crippen molar-refractivity contribution >= 4 is 11.6 Å². The molecule has 2 rings (SSSR count). The number of nitrogens with zero attached hydrogens (tertiary/aromatic N) is 3. The Balaban J connectivity index is 2.41. The maximum absolute atomic E-state index is 4.80. The normalized spacial score (nSPS) is 19.6. The summed E-state index contributed by atoms with van der Waals surface area (Å²) < 4.78 is 0. The van der Waals surface area contributed by atoms with Crippen molar-refractivity contribution in [3.05, 3.63) is 11.4 Å². The van der Waals surface area contributed by atoms with Crippen LogP contribution in [0.2, 0.25) is 0 Å². The second-order valence-electron chi connectivity index (χ2n) is 5.29. The predicted octanol–water partition coefficient (Wildman–Crippen LogP) is 3.16. The first-order valence-corrected chi connectivity index (χ1v) is 7.53. The summed E-state index contributed by atoms with van der Waals surface area (Å²) in [5.74, 6) is 3.05. The number of rotatable bonds is 4. The minimum atomic E-state index is 0.636. The second-order valence-corrected chi connectivity index (χ2v) is 5.29. The Hall–Kier alpha value is -1.32. The molecule has 0 radical (unpaired) electrons. The highest BCUT2D eigenvalue weighted by Crippen LogP contribution is 2.30. The molecule has 4 heteroatoms. The van der Waals surface area contributed by atoms with Crippen LogP contribution < -0.4 is 10.2 Å². The molecule has 0 aromatic carbocycles. The topological polar surface area (TPSA) is 41.1 Å². The van der Waals surface area contributed by atoms with Gasteiger partial charge < -0.3 is 10.2 Å². The highest BCUT2D eigenvalue weighted by molar-refractivity contribution is 5.59. The van der Waals surface area contributed by atoms with E-state index < -0.39 is 0 Å². The molecule has 1 fully saturated rings. The number of anilines is 2. The van der Waals surface area contributed by atoms with Crippen LogP contribution in [0.15, 0.2) is 0 Å². The average molecular weight is 262 g/mol. The van der Waals surface area contributed by atoms with Crippen molar-refractivity contribution < 1.29 is 0 Å². The molecule has 1 aromatic rings. The van der Waals surface area contributed by atoms with Gasteiger partial charge in [0.15, 0.2) is 0 Å². The SMILES string of the molecule is CCc1nc(NC)c(C)c(N2CCCCC2CC)n1. The van der Waals surface area contributed by atoms with Gasteiger partial charge in [-0.25, -0.2) is 9.97 Å². The molecule has 1 aliphatic rings. The maximum atomic E-state index is 4.80. The number of aromatic nitrogens is 2. The minimum Gasteiger partial charge on any atom is -0.373 e. The summed E-state index contributed by atoms with van der Waals surface area (Å²) in [5.41, 5.74) is 1.18. The summed E-state index contributed by atoms with van der Waals surface area (Å²) >= 11 is 0. The third-order valence-corrected chi connectivity index (χ3v) is 4.09. The lowest BCUT2D eigenvalue weighted by molar-refractivity contribution is 0.445. The largest absolute Gasteiger partial charge is 0.373 e. The summed E-state index contributed by atoms with van der Waals surface area (Å²) in [7, 11) is 1.94. The van der Waals surface area contributed by atoms with E-state index in [2.05, 4.69) is 36.0 Å². The van der Waals surface area contributed by atoms with Crippen molar-refractivity contribution in [3.8, 4) is 0 Å². The van der Waals surface area contributed by atoms with Crippen LogP contribution in [0.1, 0.15) is 50.9 Å². The summed E-state index contributed by atoms with van der Waals surface area (Å²) in [6.07, 6.45) is 5.98. The van der Waals surface area contributed by atoms with E-state index in [1.54, 1.807) is 0 Å². The van der Waals surface area contributed by atoms with Crippen LogP contribution in [-0.4, -0.2) is 29.6 Å². The maximum Gasteiger partial charge on any atom is 0.137 e. The monoisotopic (exact) mass is 262 g/mol. The number of aryl methyl sites for hydroxylation is 1. The van der Waals surface area contributed by atoms with Gasteiger partial charge in [0, 0.05) is 31.6 Å². The van der Waals surface area contributed by atoms with Crippen LogP contribution >= 0.6 is 0 Å². The summed E-state index contributed by atoms with van der Waals surface area (Å²) in [6.45, 7) is 7.64. The molecule has 0 bridgehead atoms. The van der Waals surface area contributed by atoms with Crippen LogP contribution in [0.3, 0.4) is 0 Å². The zero-order chi connectivity index (χ0) is 13.8. The molecule has 19 heavy (non-hydrogen) atoms. The molecule has 0 amide bonds. The van der Waals surface area contributed by atoms with E-state index in [1.165, 1.54) is 31.2 Å². The van der Waals surface area contributed by atoms with Gasteiger partial charge in [-0.3, -0.25) is 0 Å². The van der Waals surface area contributed by atoms with Gasteiger partial charge in [0.05, 0.1) is 0 Å². The van der Waals surface area contributed by atoms with Gasteiger partial charge in [0.25, 0.3) is 0 Å². The summed E-state index contributed by atoms with van der Waals surface area (Å²) in [5, 5.41) is 3.20. The third kappa shape index (κ3) is 2.82. The Labute approximate surface area is 116 Å². The van der Waals surface area contributed by atoms with Crippen molar-refractivity contribution in [1.82, 2.24) is 9.97 Å². The molecule has 1 unspecified atom stereocenters. The Morgan fingerprint density at radius 3 is 2.68 bits per heavy atom. The lowest BCUT2D eigenvalue weighted by Crippen LogP contribution is -2.40. The van der Waals surface area contributed by atoms with Crippen molar-refractivity contribution in [3.63, 3.8) is 0 Å². The molecule has 0 saturated carbocycles. The van der Waals surface area contributed by atoms with Gasteiger partial charge in [0.2, 0.25) is 0 Å². The highest BCUT2D eigenvalue weighted by atomic mass is 15.2. The van der Waals surface area contributed by atoms with E-state index >= 15 is 0 Å². The van der Waals surface area contributed by atoms with Gasteiger partial charge in [0.1, 0.15) is 17.5 Å². The molecular weight excluding hydrogens is 236 g/mol. The number of nitrogens with one attached hydrogen (secondary N) is 1. The van der Waals surface area contributed by atoms with E-state index in [1.807, 2.05) is 7.05 Å². The molecule has 4 nitrogen and oxygen atoms in total. The Kier molecular flexibility index (Phi) is 4.61. The standard InChI is InChI=1S/C15H26N4/c1-5-12-9-7-8-10-19(12)15-11(3)14(16-4)17-13(6-2)18-15/h12H,5-10H2,1-4H3,(H,16,17,18). The number of hydrogen-bond acceptors (Lipinski definition) is 4. The molecule has 0 spiro atoms. The molecule has 106 valence electrons. The van der Waals surface area contributed by atoms with Crippen LogP contribution in [0, 0.1) is 6.92 Å². The molecular formula is C15H26N4. The fourth-order valence-corrected chi connectivity index (χ4v) is 2.93. The molecule has 0 aliphatic carbocycles. The van der Waals surface area contributed by atoms with Gasteiger partial charge in [-0.15, -0.1) is 0 Å². The second kappa shape index (κ2) is 6.22. The van der Waals surface area contributed by atoms with Crippen LogP contribution in [0.5, 0.6) is 0 Å². The molecule has 1 N–H and O–H groups in total. The molecule has 2 heterocycles. The first kappa shape index (κ1) is 14.1. The lowest BCUT2D eigenvalue weighted by Gasteiger charge is -2.37. The van der Waals surface area contributed by atoms with Gasteiger partial charge >= 0.3 is 0 Å². The van der Waals surface area contributed by atoms with E-state index in [0.717, 1.165) is 30.4 Å². The van der Waals surface area contributed by atoms with Crippen LogP contribution in [-0.2, 0) is 6.42 Å². The van der Waals surface area contributed by atoms with E-state index in [9.17, 15) is 0 Å². The average Bonchev–Trinajstić information content (AvgIpc) is 2.47. The van der Waals surface area contributed by atoms with E-state index in [0.29, 0.717) is 6.04 Å². The zero-order valence-electron chi connectivity index (χ0n) is 12.7. The van der Waals surface area contributed by atoms with Crippen LogP contribution in [0.25, 0.3) is 0 Å². The fraction of sp³-hybridized carbons (Fsp3) is 0.733. The van der Waals surface area contributed by atoms with Gasteiger partial charge in [-0.2, -0.15) is 0 Å². The first-order chi connectivity index (χ1) is 9.21. The molecule has 1 aromatic heterocycles.